The molecule has 0 aromatic heterocycles. The molecule has 2 aromatic rings. The molecule has 0 unspecified atom stereocenters. The van der Waals surface area contributed by atoms with E-state index in [2.05, 4.69) is 116 Å². The predicted molar refractivity (Wildman–Crippen MR) is 153 cm³/mol. The Hall–Kier alpha value is -1.95. The van der Waals surface area contributed by atoms with Gasteiger partial charge < -0.3 is 0 Å². The molecule has 0 amide bonds. The summed E-state index contributed by atoms with van der Waals surface area (Å²) in [5.41, 5.74) is 10.2. The van der Waals surface area contributed by atoms with Crippen molar-refractivity contribution in [2.24, 2.45) is 9.98 Å². The summed E-state index contributed by atoms with van der Waals surface area (Å²) >= 11 is -1.11. The van der Waals surface area contributed by atoms with E-state index in [1.165, 1.54) is 45.1 Å². The Balaban J connectivity index is 2.12. The zero-order valence-corrected chi connectivity index (χ0v) is 24.1. The molecule has 180 valence electrons. The van der Waals surface area contributed by atoms with Crippen LogP contribution in [0.1, 0.15) is 115 Å². The minimum absolute atomic E-state index is 0.334. The zero-order chi connectivity index (χ0) is 25.2. The van der Waals surface area contributed by atoms with E-state index in [-0.39, 0.29) is 0 Å². The van der Waals surface area contributed by atoms with E-state index >= 15 is 0 Å². The summed E-state index contributed by atoms with van der Waals surface area (Å²) in [5, 5.41) is 0. The summed E-state index contributed by atoms with van der Waals surface area (Å²) < 4.78 is 0.334. The molecule has 0 saturated carbocycles. The summed E-state index contributed by atoms with van der Waals surface area (Å²) in [5.74, 6) is 1.78. The van der Waals surface area contributed by atoms with Crippen LogP contribution < -0.4 is 0 Å². The Labute approximate surface area is 212 Å². The van der Waals surface area contributed by atoms with Gasteiger partial charge in [0.25, 0.3) is 0 Å². The molecule has 2 aromatic carbocycles. The number of rotatable bonds is 9. The number of aliphatic imine (C=N–C) groups is 2. The molecule has 2 nitrogen and oxygen atoms in total. The van der Waals surface area contributed by atoms with Crippen LogP contribution in [0.2, 0.25) is 4.78 Å². The lowest BCUT2D eigenvalue weighted by molar-refractivity contribution is 0.834. The van der Waals surface area contributed by atoms with E-state index in [1.54, 1.807) is 0 Å². The molecule has 1 aliphatic heterocycles. The van der Waals surface area contributed by atoms with Crippen molar-refractivity contribution in [2.45, 2.75) is 97.7 Å². The Morgan fingerprint density at radius 3 is 1.09 bits per heavy atom. The highest BCUT2D eigenvalue weighted by Crippen LogP contribution is 2.39. The standard InChI is InChI=1S/C29H41N2.C2H2.Al/c1-18(2)24-13-11-14-25(19(3)4)28(24)30-22(9)17-23(10)31-29-26(20(5)6)15-12-16-27(29)21(7)8;1-2;/h11-21H,1-10H3;1-2H;. The molecule has 3 rings (SSSR count). The van der Waals surface area contributed by atoms with Crippen molar-refractivity contribution >= 4 is 36.9 Å². The summed E-state index contributed by atoms with van der Waals surface area (Å²) in [7, 11) is 0. The Morgan fingerprint density at radius 1 is 0.559 bits per heavy atom. The first kappa shape index (κ1) is 26.7. The first-order valence-electron chi connectivity index (χ1n) is 13.1. The third kappa shape index (κ3) is 5.99. The van der Waals surface area contributed by atoms with E-state index in [0.717, 1.165) is 0 Å². The molecule has 0 saturated heterocycles. The first-order chi connectivity index (χ1) is 16.0. The van der Waals surface area contributed by atoms with Crippen molar-refractivity contribution < 1.29 is 0 Å². The van der Waals surface area contributed by atoms with Crippen LogP contribution in [0.5, 0.6) is 0 Å². The molecule has 0 aliphatic carbocycles. The van der Waals surface area contributed by atoms with Gasteiger partial charge in [0.15, 0.2) is 0 Å². The highest BCUT2D eigenvalue weighted by Gasteiger charge is 2.35. The van der Waals surface area contributed by atoms with Crippen LogP contribution in [-0.2, 0) is 0 Å². The largest absolute Gasteiger partial charge is 0.340 e. The number of hydrogen-bond donors (Lipinski definition) is 0. The minimum Gasteiger partial charge on any atom is -0.258 e. The van der Waals surface area contributed by atoms with Gasteiger partial charge in [-0.15, -0.1) is 0 Å². The highest BCUT2D eigenvalue weighted by molar-refractivity contribution is 6.87. The smallest absolute Gasteiger partial charge is 0.258 e. The molecule has 0 spiro atoms. The van der Waals surface area contributed by atoms with E-state index in [0.29, 0.717) is 28.5 Å². The van der Waals surface area contributed by atoms with Crippen LogP contribution in [0, 0.1) is 0 Å². The highest BCUT2D eigenvalue weighted by atomic mass is 27.2. The van der Waals surface area contributed by atoms with Crippen LogP contribution in [0.15, 0.2) is 56.3 Å². The van der Waals surface area contributed by atoms with Crippen molar-refractivity contribution in [1.82, 2.24) is 0 Å². The van der Waals surface area contributed by atoms with Crippen molar-refractivity contribution in [3.8, 4) is 0 Å². The van der Waals surface area contributed by atoms with Gasteiger partial charge in [0.2, 0.25) is 0 Å². The maximum Gasteiger partial charge on any atom is 0.340 e. The third-order valence-electron chi connectivity index (χ3n) is 6.96. The molecular weight excluding hydrogens is 427 g/mol. The Kier molecular flexibility index (Phi) is 8.78. The Bertz CT molecular complexity index is 964. The van der Waals surface area contributed by atoms with E-state index in [9.17, 15) is 0 Å². The second kappa shape index (κ2) is 11.2. The monoisotopic (exact) mass is 470 g/mol. The van der Waals surface area contributed by atoms with E-state index in [1.807, 2.05) is 0 Å². The topological polar surface area (TPSA) is 24.7 Å². The van der Waals surface area contributed by atoms with Gasteiger partial charge in [-0.25, -0.2) is 0 Å². The minimum atomic E-state index is -1.11. The van der Waals surface area contributed by atoms with Gasteiger partial charge in [-0.05, 0) is 64.6 Å². The van der Waals surface area contributed by atoms with Crippen LogP contribution in [0.3, 0.4) is 0 Å². The van der Waals surface area contributed by atoms with Crippen molar-refractivity contribution in [1.29, 1.82) is 0 Å². The van der Waals surface area contributed by atoms with Crippen LogP contribution >= 0.6 is 0 Å². The van der Waals surface area contributed by atoms with Gasteiger partial charge in [0.1, 0.15) is 0 Å². The Morgan fingerprint density at radius 2 is 0.853 bits per heavy atom. The molecular formula is C31H43AlN2. The van der Waals surface area contributed by atoms with Crippen molar-refractivity contribution in [2.75, 3.05) is 0 Å². The van der Waals surface area contributed by atoms with E-state index in [4.69, 9.17) is 9.98 Å². The predicted octanol–water partition coefficient (Wildman–Crippen LogP) is 9.58. The molecule has 1 aliphatic rings. The summed E-state index contributed by atoms with van der Waals surface area (Å²) in [6.45, 7) is 22.6. The van der Waals surface area contributed by atoms with Crippen LogP contribution in [0.4, 0.5) is 11.4 Å². The van der Waals surface area contributed by atoms with Gasteiger partial charge in [-0.1, -0.05) is 91.8 Å². The molecule has 1 heterocycles. The zero-order valence-electron chi connectivity index (χ0n) is 23.0. The van der Waals surface area contributed by atoms with E-state index < -0.39 is 14.1 Å². The SMILES string of the molecule is CC(=Nc1c(C(C)C)cccc1C(C)C)[CH](C(C)=Nc1c(C(C)C)cccc1C(C)C)[Al]1[CH]=[CH]1. The average Bonchev–Trinajstić information content (AvgIpc) is 3.58. The van der Waals surface area contributed by atoms with Crippen molar-refractivity contribution in [3.05, 3.63) is 68.5 Å². The molecule has 0 radical (unpaired) electrons. The lowest BCUT2D eigenvalue weighted by Crippen LogP contribution is -2.22. The number of hydrogen-bond acceptors (Lipinski definition) is 2. The number of para-hydroxylation sites is 2. The van der Waals surface area contributed by atoms with Gasteiger partial charge in [0, 0.05) is 11.4 Å². The fraction of sp³-hybridized carbons (Fsp3) is 0.484. The van der Waals surface area contributed by atoms with Gasteiger partial charge >= 0.3 is 14.1 Å². The fourth-order valence-corrected chi connectivity index (χ4v) is 7.14. The second-order valence-electron chi connectivity index (χ2n) is 11.1. The normalized spacial score (nSPS) is 15.3. The maximum absolute atomic E-state index is 5.37. The van der Waals surface area contributed by atoms with Crippen molar-refractivity contribution in [3.63, 3.8) is 0 Å². The first-order valence-corrected chi connectivity index (χ1v) is 15.1. The molecule has 0 N–H and O–H groups in total. The molecule has 0 bridgehead atoms. The summed E-state index contributed by atoms with van der Waals surface area (Å²) in [6.07, 6.45) is 0. The van der Waals surface area contributed by atoms with Gasteiger partial charge in [-0.2, -0.15) is 9.88 Å². The summed E-state index contributed by atoms with van der Waals surface area (Å²) in [6, 6.07) is 13.4. The maximum atomic E-state index is 5.37. The fourth-order valence-electron chi connectivity index (χ4n) is 4.92. The third-order valence-corrected chi connectivity index (χ3v) is 9.52. The molecule has 34 heavy (non-hydrogen) atoms. The quantitative estimate of drug-likeness (QED) is 0.257. The lowest BCUT2D eigenvalue weighted by Gasteiger charge is -2.21. The number of nitrogens with zero attached hydrogens (tertiary/aromatic N) is 2. The van der Waals surface area contributed by atoms with Gasteiger partial charge in [-0.3, -0.25) is 9.98 Å². The van der Waals surface area contributed by atoms with Crippen LogP contribution in [-0.4, -0.2) is 25.6 Å². The molecule has 3 heteroatoms. The summed E-state index contributed by atoms with van der Waals surface area (Å²) in [4.78, 5) is 15.6. The molecule has 0 atom stereocenters. The second-order valence-corrected chi connectivity index (χ2v) is 13.7. The van der Waals surface area contributed by atoms with Gasteiger partial charge in [0.05, 0.1) is 11.4 Å². The lowest BCUT2D eigenvalue weighted by atomic mass is 9.92. The average molecular weight is 471 g/mol. The number of benzene rings is 2. The molecule has 0 fully saturated rings. The van der Waals surface area contributed by atoms with Crippen LogP contribution in [0.25, 0.3) is 0 Å².